The van der Waals surface area contributed by atoms with Crippen molar-refractivity contribution in [2.24, 2.45) is 0 Å². The molecule has 130 valence electrons. The molecule has 2 aromatic heterocycles. The fraction of sp³-hybridized carbons (Fsp3) is 0.263. The normalized spacial score (nSPS) is 11.0. The molecule has 1 aromatic carbocycles. The second-order valence-corrected chi connectivity index (χ2v) is 7.32. The van der Waals surface area contributed by atoms with Gasteiger partial charge in [0.05, 0.1) is 5.69 Å². The minimum absolute atomic E-state index is 0.153. The summed E-state index contributed by atoms with van der Waals surface area (Å²) in [5.41, 5.74) is 8.79. The molecule has 1 amide bonds. The lowest BCUT2D eigenvalue weighted by Gasteiger charge is -2.05. The highest BCUT2D eigenvalue weighted by Gasteiger charge is 2.17. The van der Waals surface area contributed by atoms with E-state index >= 15 is 0 Å². The Morgan fingerprint density at radius 1 is 1.28 bits per heavy atom. The van der Waals surface area contributed by atoms with Crippen molar-refractivity contribution in [2.75, 3.05) is 12.3 Å². The highest BCUT2D eigenvalue weighted by Crippen LogP contribution is 2.32. The average molecular weight is 374 g/mol. The van der Waals surface area contributed by atoms with Crippen molar-refractivity contribution >= 4 is 44.7 Å². The average Bonchev–Trinajstić information content (AvgIpc) is 2.92. The first-order valence-corrected chi connectivity index (χ1v) is 9.48. The molecule has 4 nitrogen and oxygen atoms in total. The lowest BCUT2D eigenvalue weighted by Crippen LogP contribution is -2.25. The molecule has 3 rings (SSSR count). The van der Waals surface area contributed by atoms with Crippen molar-refractivity contribution < 1.29 is 4.79 Å². The van der Waals surface area contributed by atoms with Gasteiger partial charge in [-0.2, -0.15) is 0 Å². The van der Waals surface area contributed by atoms with Crippen LogP contribution in [0.5, 0.6) is 0 Å². The molecule has 0 aliphatic carbocycles. The van der Waals surface area contributed by atoms with Gasteiger partial charge in [0, 0.05) is 22.6 Å². The van der Waals surface area contributed by atoms with Gasteiger partial charge < -0.3 is 11.1 Å². The summed E-state index contributed by atoms with van der Waals surface area (Å²) in [6.45, 7) is 2.65. The maximum atomic E-state index is 12.5. The minimum Gasteiger partial charge on any atom is -0.397 e. The summed E-state index contributed by atoms with van der Waals surface area (Å²) in [4.78, 5) is 18.4. The van der Waals surface area contributed by atoms with Crippen LogP contribution in [0.1, 0.15) is 34.3 Å². The Kier molecular flexibility index (Phi) is 5.56. The van der Waals surface area contributed by atoms with Crippen molar-refractivity contribution in [3.05, 3.63) is 57.6 Å². The zero-order valence-electron chi connectivity index (χ0n) is 14.0. The van der Waals surface area contributed by atoms with Crippen LogP contribution >= 0.6 is 22.9 Å². The maximum Gasteiger partial charge on any atom is 0.263 e. The van der Waals surface area contributed by atoms with Gasteiger partial charge in [-0.3, -0.25) is 4.79 Å². The van der Waals surface area contributed by atoms with Crippen molar-refractivity contribution in [3.8, 4) is 0 Å². The quantitative estimate of drug-likeness (QED) is 0.670. The molecular formula is C19H20ClN3OS. The van der Waals surface area contributed by atoms with E-state index in [2.05, 4.69) is 17.2 Å². The van der Waals surface area contributed by atoms with E-state index in [1.807, 2.05) is 36.4 Å². The number of anilines is 1. The second-order valence-electron chi connectivity index (χ2n) is 5.89. The van der Waals surface area contributed by atoms with Crippen LogP contribution in [-0.4, -0.2) is 17.4 Å². The van der Waals surface area contributed by atoms with Crippen molar-refractivity contribution in [2.45, 2.75) is 26.2 Å². The third kappa shape index (κ3) is 4.11. The number of fused-ring (bicyclic) bond motifs is 1. The van der Waals surface area contributed by atoms with Gasteiger partial charge in [0.1, 0.15) is 9.71 Å². The highest BCUT2D eigenvalue weighted by atomic mass is 35.5. The Morgan fingerprint density at radius 3 is 2.88 bits per heavy atom. The predicted molar refractivity (Wildman–Crippen MR) is 106 cm³/mol. The van der Waals surface area contributed by atoms with Gasteiger partial charge in [0.2, 0.25) is 0 Å². The molecule has 0 spiro atoms. The third-order valence-corrected chi connectivity index (χ3v) is 5.30. The summed E-state index contributed by atoms with van der Waals surface area (Å²) < 4.78 is 0. The van der Waals surface area contributed by atoms with Crippen LogP contribution in [0.3, 0.4) is 0 Å². The molecule has 6 heteroatoms. The number of amides is 1. The number of benzene rings is 1. The number of nitrogen functional groups attached to an aromatic ring is 1. The number of nitrogens with zero attached hydrogens (tertiary/aromatic N) is 1. The maximum absolute atomic E-state index is 12.5. The second kappa shape index (κ2) is 7.85. The van der Waals surface area contributed by atoms with Crippen LogP contribution in [0, 0.1) is 0 Å². The fourth-order valence-electron chi connectivity index (χ4n) is 2.69. The molecule has 0 saturated heterocycles. The number of pyridine rings is 1. The summed E-state index contributed by atoms with van der Waals surface area (Å²) in [5.74, 6) is -0.153. The number of nitrogens with two attached hydrogens (primary N) is 1. The molecule has 0 saturated carbocycles. The van der Waals surface area contributed by atoms with Gasteiger partial charge in [0.15, 0.2) is 0 Å². The van der Waals surface area contributed by atoms with E-state index in [4.69, 9.17) is 17.3 Å². The standard InChI is InChI=1S/C19H20ClN3OS/c1-2-4-14-7-8-15-16(21)17(25-19(15)23-14)18(24)22-10-9-12-5-3-6-13(20)11-12/h3,5-8,11H,2,4,9-10,21H2,1H3,(H,22,24). The molecule has 0 aliphatic rings. The Hall–Kier alpha value is -2.11. The van der Waals surface area contributed by atoms with E-state index in [1.165, 1.54) is 11.3 Å². The number of hydrogen-bond acceptors (Lipinski definition) is 4. The summed E-state index contributed by atoms with van der Waals surface area (Å²) in [6.07, 6.45) is 2.68. The van der Waals surface area contributed by atoms with Gasteiger partial charge in [0.25, 0.3) is 5.91 Å². The molecule has 2 heterocycles. The Balaban J connectivity index is 1.70. The SMILES string of the molecule is CCCc1ccc2c(N)c(C(=O)NCCc3cccc(Cl)c3)sc2n1. The topological polar surface area (TPSA) is 68.0 Å². The number of hydrogen-bond donors (Lipinski definition) is 2. The van der Waals surface area contributed by atoms with Crippen LogP contribution in [0.4, 0.5) is 5.69 Å². The van der Waals surface area contributed by atoms with Gasteiger partial charge in [-0.05, 0) is 42.7 Å². The lowest BCUT2D eigenvalue weighted by atomic mass is 10.1. The van der Waals surface area contributed by atoms with Crippen LogP contribution in [0.2, 0.25) is 5.02 Å². The van der Waals surface area contributed by atoms with Crippen molar-refractivity contribution in [1.29, 1.82) is 0 Å². The molecule has 0 atom stereocenters. The van der Waals surface area contributed by atoms with E-state index in [-0.39, 0.29) is 5.91 Å². The third-order valence-electron chi connectivity index (χ3n) is 3.95. The van der Waals surface area contributed by atoms with Crippen molar-refractivity contribution in [3.63, 3.8) is 0 Å². The molecular weight excluding hydrogens is 354 g/mol. The first-order valence-electron chi connectivity index (χ1n) is 8.29. The van der Waals surface area contributed by atoms with Gasteiger partial charge in [-0.25, -0.2) is 4.98 Å². The first-order chi connectivity index (χ1) is 12.1. The van der Waals surface area contributed by atoms with Gasteiger partial charge in [-0.15, -0.1) is 11.3 Å². The molecule has 0 radical (unpaired) electrons. The molecule has 0 unspecified atom stereocenters. The molecule has 0 fully saturated rings. The zero-order valence-corrected chi connectivity index (χ0v) is 15.6. The molecule has 0 aliphatic heterocycles. The van der Waals surface area contributed by atoms with Crippen LogP contribution in [0.15, 0.2) is 36.4 Å². The largest absolute Gasteiger partial charge is 0.397 e. The summed E-state index contributed by atoms with van der Waals surface area (Å²) in [5, 5.41) is 4.48. The van der Waals surface area contributed by atoms with E-state index < -0.39 is 0 Å². The summed E-state index contributed by atoms with van der Waals surface area (Å²) in [6, 6.07) is 11.6. The molecule has 3 aromatic rings. The number of carbonyl (C=O) groups excluding carboxylic acids is 1. The Morgan fingerprint density at radius 2 is 2.12 bits per heavy atom. The lowest BCUT2D eigenvalue weighted by molar-refractivity contribution is 0.0959. The van der Waals surface area contributed by atoms with E-state index in [1.54, 1.807) is 0 Å². The molecule has 3 N–H and O–H groups in total. The minimum atomic E-state index is -0.153. The first kappa shape index (κ1) is 17.7. The number of aryl methyl sites for hydroxylation is 1. The number of rotatable bonds is 6. The highest BCUT2D eigenvalue weighted by molar-refractivity contribution is 7.21. The van der Waals surface area contributed by atoms with E-state index in [0.29, 0.717) is 22.1 Å². The van der Waals surface area contributed by atoms with E-state index in [9.17, 15) is 4.79 Å². The summed E-state index contributed by atoms with van der Waals surface area (Å²) in [7, 11) is 0. The Labute approximate surface area is 156 Å². The van der Waals surface area contributed by atoms with Crippen LogP contribution < -0.4 is 11.1 Å². The molecule has 25 heavy (non-hydrogen) atoms. The van der Waals surface area contributed by atoms with E-state index in [0.717, 1.165) is 40.7 Å². The number of thiophene rings is 1. The summed E-state index contributed by atoms with van der Waals surface area (Å²) >= 11 is 7.33. The smallest absolute Gasteiger partial charge is 0.263 e. The Bertz CT molecular complexity index is 907. The fourth-order valence-corrected chi connectivity index (χ4v) is 3.93. The van der Waals surface area contributed by atoms with Gasteiger partial charge in [-0.1, -0.05) is 37.1 Å². The molecule has 0 bridgehead atoms. The number of carbonyl (C=O) groups is 1. The number of halogens is 1. The van der Waals surface area contributed by atoms with Crippen LogP contribution in [-0.2, 0) is 12.8 Å². The van der Waals surface area contributed by atoms with Crippen LogP contribution in [0.25, 0.3) is 10.2 Å². The van der Waals surface area contributed by atoms with Crippen molar-refractivity contribution in [1.82, 2.24) is 10.3 Å². The van der Waals surface area contributed by atoms with Gasteiger partial charge >= 0.3 is 0 Å². The monoisotopic (exact) mass is 373 g/mol. The zero-order chi connectivity index (χ0) is 17.8. The predicted octanol–water partition coefficient (Wildman–Crippen LogP) is 4.46. The number of aromatic nitrogens is 1. The number of nitrogens with one attached hydrogen (secondary N) is 1.